The molecular formula is C19H21N3O4S. The molecule has 0 saturated carbocycles. The number of benzene rings is 2. The lowest BCUT2D eigenvalue weighted by Crippen LogP contribution is -2.42. The van der Waals surface area contributed by atoms with Crippen LogP contribution in [0.4, 0.5) is 0 Å². The summed E-state index contributed by atoms with van der Waals surface area (Å²) >= 11 is 0. The molecule has 2 rings (SSSR count). The van der Waals surface area contributed by atoms with E-state index in [-0.39, 0.29) is 13.0 Å². The highest BCUT2D eigenvalue weighted by atomic mass is 32.2. The van der Waals surface area contributed by atoms with Gasteiger partial charge in [0.2, 0.25) is 15.9 Å². The Morgan fingerprint density at radius 1 is 0.963 bits per heavy atom. The predicted octanol–water partition coefficient (Wildman–Crippen LogP) is 1.74. The molecule has 0 aliphatic heterocycles. The van der Waals surface area contributed by atoms with Gasteiger partial charge in [0.15, 0.2) is 0 Å². The molecule has 0 bridgehead atoms. The van der Waals surface area contributed by atoms with Crippen LogP contribution in [0.2, 0.25) is 0 Å². The van der Waals surface area contributed by atoms with Gasteiger partial charge in [0.05, 0.1) is 0 Å². The van der Waals surface area contributed by atoms with Gasteiger partial charge < -0.3 is 0 Å². The van der Waals surface area contributed by atoms with Crippen molar-refractivity contribution in [1.82, 2.24) is 15.6 Å². The minimum absolute atomic E-state index is 0.0898. The van der Waals surface area contributed by atoms with Crippen molar-refractivity contribution in [1.29, 1.82) is 0 Å². The lowest BCUT2D eigenvalue weighted by atomic mass is 10.1. The van der Waals surface area contributed by atoms with E-state index in [0.29, 0.717) is 5.56 Å². The minimum Gasteiger partial charge on any atom is -0.273 e. The Labute approximate surface area is 158 Å². The highest BCUT2D eigenvalue weighted by Crippen LogP contribution is 2.06. The molecule has 2 amide bonds. The van der Waals surface area contributed by atoms with E-state index in [1.54, 1.807) is 49.4 Å². The molecule has 142 valence electrons. The van der Waals surface area contributed by atoms with Crippen molar-refractivity contribution in [3.8, 4) is 0 Å². The Hall–Kier alpha value is -2.97. The molecule has 2 aromatic carbocycles. The number of nitrogens with one attached hydrogen (secondary N) is 3. The first-order chi connectivity index (χ1) is 12.9. The Morgan fingerprint density at radius 2 is 1.63 bits per heavy atom. The van der Waals surface area contributed by atoms with Crippen molar-refractivity contribution in [2.75, 3.05) is 6.54 Å². The van der Waals surface area contributed by atoms with Crippen LogP contribution in [0.5, 0.6) is 0 Å². The maximum absolute atomic E-state index is 12.0. The van der Waals surface area contributed by atoms with E-state index in [0.717, 1.165) is 16.5 Å². The summed E-state index contributed by atoms with van der Waals surface area (Å²) in [5.41, 5.74) is 6.54. The monoisotopic (exact) mass is 387 g/mol. The van der Waals surface area contributed by atoms with Crippen molar-refractivity contribution >= 4 is 27.9 Å². The number of hydrazine groups is 1. The first-order valence-electron chi connectivity index (χ1n) is 8.25. The molecule has 0 radical (unpaired) electrons. The molecule has 2 aromatic rings. The second-order valence-corrected chi connectivity index (χ2v) is 7.37. The van der Waals surface area contributed by atoms with Crippen molar-refractivity contribution in [2.45, 2.75) is 13.3 Å². The van der Waals surface area contributed by atoms with Crippen LogP contribution < -0.4 is 15.6 Å². The Balaban J connectivity index is 1.74. The summed E-state index contributed by atoms with van der Waals surface area (Å²) in [6.07, 6.45) is 1.34. The quantitative estimate of drug-likeness (QED) is 0.630. The molecule has 7 nitrogen and oxygen atoms in total. The predicted molar refractivity (Wildman–Crippen MR) is 104 cm³/mol. The summed E-state index contributed by atoms with van der Waals surface area (Å²) in [6.45, 7) is 1.70. The van der Waals surface area contributed by atoms with Crippen LogP contribution in [-0.2, 0) is 14.8 Å². The van der Waals surface area contributed by atoms with E-state index in [2.05, 4.69) is 15.6 Å². The Morgan fingerprint density at radius 3 is 2.33 bits per heavy atom. The average molecular weight is 387 g/mol. The van der Waals surface area contributed by atoms with Gasteiger partial charge in [0, 0.05) is 23.9 Å². The molecule has 0 aliphatic rings. The van der Waals surface area contributed by atoms with Gasteiger partial charge in [0.1, 0.15) is 0 Å². The number of rotatable bonds is 7. The molecule has 0 unspecified atom stereocenters. The summed E-state index contributed by atoms with van der Waals surface area (Å²) in [6, 6.07) is 15.9. The summed E-state index contributed by atoms with van der Waals surface area (Å²) in [4.78, 5) is 23.7. The maximum atomic E-state index is 12.0. The molecule has 0 spiro atoms. The number of carbonyl (C=O) groups is 2. The molecule has 0 heterocycles. The number of aryl methyl sites for hydroxylation is 1. The fraction of sp³-hybridized carbons (Fsp3) is 0.158. The summed E-state index contributed by atoms with van der Waals surface area (Å²) < 4.78 is 26.0. The van der Waals surface area contributed by atoms with Crippen LogP contribution in [0.15, 0.2) is 60.0 Å². The molecule has 0 aromatic heterocycles. The molecule has 0 atom stereocenters. The van der Waals surface area contributed by atoms with Gasteiger partial charge in [-0.05, 0) is 30.2 Å². The van der Waals surface area contributed by atoms with Gasteiger partial charge in [-0.25, -0.2) is 13.1 Å². The Bertz CT molecular complexity index is 925. The van der Waals surface area contributed by atoms with Crippen molar-refractivity contribution in [3.05, 3.63) is 76.7 Å². The summed E-state index contributed by atoms with van der Waals surface area (Å²) in [7, 11) is -3.65. The highest BCUT2D eigenvalue weighted by Gasteiger charge is 2.10. The molecule has 3 N–H and O–H groups in total. The number of amides is 2. The first kappa shape index (κ1) is 20.3. The van der Waals surface area contributed by atoms with Crippen molar-refractivity contribution < 1.29 is 18.0 Å². The zero-order chi connectivity index (χ0) is 19.7. The van der Waals surface area contributed by atoms with Crippen LogP contribution in [0.25, 0.3) is 6.08 Å². The van der Waals surface area contributed by atoms with Gasteiger partial charge in [-0.2, -0.15) is 0 Å². The fourth-order valence-corrected chi connectivity index (χ4v) is 2.99. The highest BCUT2D eigenvalue weighted by molar-refractivity contribution is 7.92. The summed E-state index contributed by atoms with van der Waals surface area (Å²) in [5, 5.41) is 1.04. The fourth-order valence-electron chi connectivity index (χ4n) is 2.17. The van der Waals surface area contributed by atoms with E-state index in [9.17, 15) is 18.0 Å². The van der Waals surface area contributed by atoms with E-state index in [1.807, 2.05) is 12.1 Å². The molecule has 0 aliphatic carbocycles. The average Bonchev–Trinajstić information content (AvgIpc) is 2.66. The zero-order valence-corrected chi connectivity index (χ0v) is 15.6. The lowest BCUT2D eigenvalue weighted by Gasteiger charge is -2.09. The third-order valence-electron chi connectivity index (χ3n) is 3.60. The van der Waals surface area contributed by atoms with E-state index >= 15 is 0 Å². The SMILES string of the molecule is Cc1ccccc1C(=O)NNC(=O)CCNS(=O)(=O)/C=C/c1ccccc1. The van der Waals surface area contributed by atoms with Crippen LogP contribution >= 0.6 is 0 Å². The van der Waals surface area contributed by atoms with Gasteiger partial charge in [0.25, 0.3) is 5.91 Å². The zero-order valence-electron chi connectivity index (χ0n) is 14.8. The van der Waals surface area contributed by atoms with Crippen LogP contribution in [0.1, 0.15) is 27.9 Å². The van der Waals surface area contributed by atoms with E-state index < -0.39 is 21.8 Å². The second-order valence-electron chi connectivity index (χ2n) is 5.72. The van der Waals surface area contributed by atoms with Gasteiger partial charge >= 0.3 is 0 Å². The topological polar surface area (TPSA) is 104 Å². The molecule has 0 fully saturated rings. The minimum atomic E-state index is -3.65. The smallest absolute Gasteiger partial charge is 0.269 e. The molecule has 27 heavy (non-hydrogen) atoms. The maximum Gasteiger partial charge on any atom is 0.269 e. The second kappa shape index (κ2) is 9.65. The standard InChI is InChI=1S/C19H21N3O4S/c1-15-7-5-6-10-17(15)19(24)22-21-18(23)11-13-20-27(25,26)14-12-16-8-3-2-4-9-16/h2-10,12,14,20H,11,13H2,1H3,(H,21,23)(H,22,24)/b14-12+. The summed E-state index contributed by atoms with van der Waals surface area (Å²) in [5.74, 6) is -0.945. The van der Waals surface area contributed by atoms with Gasteiger partial charge in [-0.3, -0.25) is 20.4 Å². The largest absolute Gasteiger partial charge is 0.273 e. The van der Waals surface area contributed by atoms with Crippen LogP contribution in [0, 0.1) is 6.92 Å². The number of carbonyl (C=O) groups excluding carboxylic acids is 2. The lowest BCUT2D eigenvalue weighted by molar-refractivity contribution is -0.121. The van der Waals surface area contributed by atoms with Crippen molar-refractivity contribution in [2.24, 2.45) is 0 Å². The van der Waals surface area contributed by atoms with Crippen LogP contribution in [-0.4, -0.2) is 26.8 Å². The number of hydrogen-bond acceptors (Lipinski definition) is 4. The molecule has 0 saturated heterocycles. The van der Waals surface area contributed by atoms with Gasteiger partial charge in [-0.1, -0.05) is 48.5 Å². The van der Waals surface area contributed by atoms with Crippen LogP contribution in [0.3, 0.4) is 0 Å². The third kappa shape index (κ3) is 7.04. The number of sulfonamides is 1. The van der Waals surface area contributed by atoms with Gasteiger partial charge in [-0.15, -0.1) is 0 Å². The number of hydrogen-bond donors (Lipinski definition) is 3. The third-order valence-corrected chi connectivity index (χ3v) is 4.70. The van der Waals surface area contributed by atoms with E-state index in [4.69, 9.17) is 0 Å². The molecule has 8 heteroatoms. The van der Waals surface area contributed by atoms with Crippen molar-refractivity contribution in [3.63, 3.8) is 0 Å². The van der Waals surface area contributed by atoms with E-state index in [1.165, 1.54) is 6.08 Å². The Kier molecular flexibility index (Phi) is 7.27. The first-order valence-corrected chi connectivity index (χ1v) is 9.79. The normalized spacial score (nSPS) is 11.3. The molecular weight excluding hydrogens is 366 g/mol.